The standard InChI is InChI=1S/C27H18Cl4O/c1-15-7-3-9-17(19-11-5-13-21(28)25(19)30)23(15)27(32)24-16(2)8-4-10-18(24)20-12-6-14-22(29)26(20)31/h3-14H,1-2H3. The third-order valence-electron chi connectivity index (χ3n) is 5.48. The summed E-state index contributed by atoms with van der Waals surface area (Å²) in [4.78, 5) is 14.1. The minimum atomic E-state index is -0.113. The largest absolute Gasteiger partial charge is 0.289 e. The van der Waals surface area contributed by atoms with E-state index < -0.39 is 0 Å². The van der Waals surface area contributed by atoms with Gasteiger partial charge in [-0.1, -0.05) is 107 Å². The molecule has 0 saturated carbocycles. The van der Waals surface area contributed by atoms with Crippen molar-refractivity contribution in [2.45, 2.75) is 13.8 Å². The van der Waals surface area contributed by atoms with E-state index >= 15 is 0 Å². The highest BCUT2D eigenvalue weighted by Gasteiger charge is 2.24. The summed E-state index contributed by atoms with van der Waals surface area (Å²) >= 11 is 25.6. The molecule has 0 saturated heterocycles. The molecule has 0 bridgehead atoms. The number of aryl methyl sites for hydroxylation is 2. The Labute approximate surface area is 207 Å². The van der Waals surface area contributed by atoms with E-state index in [1.807, 2.05) is 74.5 Å². The lowest BCUT2D eigenvalue weighted by molar-refractivity contribution is 0.103. The Morgan fingerprint density at radius 3 is 1.28 bits per heavy atom. The summed E-state index contributed by atoms with van der Waals surface area (Å²) in [7, 11) is 0. The van der Waals surface area contributed by atoms with Crippen molar-refractivity contribution in [2.75, 3.05) is 0 Å². The van der Waals surface area contributed by atoms with E-state index in [2.05, 4.69) is 0 Å². The molecule has 0 aliphatic carbocycles. The monoisotopic (exact) mass is 498 g/mol. The smallest absolute Gasteiger partial charge is 0.194 e. The molecule has 1 nitrogen and oxygen atoms in total. The van der Waals surface area contributed by atoms with Gasteiger partial charge in [0.25, 0.3) is 0 Å². The van der Waals surface area contributed by atoms with Crippen molar-refractivity contribution in [3.8, 4) is 22.3 Å². The summed E-state index contributed by atoms with van der Waals surface area (Å²) in [6, 6.07) is 22.3. The minimum Gasteiger partial charge on any atom is -0.289 e. The molecule has 0 radical (unpaired) electrons. The number of hydrogen-bond donors (Lipinski definition) is 0. The van der Waals surface area contributed by atoms with Gasteiger partial charge in [0.15, 0.2) is 5.78 Å². The van der Waals surface area contributed by atoms with Gasteiger partial charge < -0.3 is 0 Å². The summed E-state index contributed by atoms with van der Waals surface area (Å²) in [5.74, 6) is -0.113. The number of carbonyl (C=O) groups excluding carboxylic acids is 1. The maximum atomic E-state index is 14.1. The third-order valence-corrected chi connectivity index (χ3v) is 7.12. The molecular formula is C27H18Cl4O. The Morgan fingerprint density at radius 2 is 0.875 bits per heavy atom. The lowest BCUT2D eigenvalue weighted by Gasteiger charge is -2.18. The molecule has 0 aliphatic heterocycles. The van der Waals surface area contributed by atoms with Crippen molar-refractivity contribution >= 4 is 52.2 Å². The van der Waals surface area contributed by atoms with Crippen LogP contribution in [0.15, 0.2) is 72.8 Å². The Balaban J connectivity index is 1.99. The zero-order valence-electron chi connectivity index (χ0n) is 17.3. The molecule has 0 unspecified atom stereocenters. The highest BCUT2D eigenvalue weighted by Crippen LogP contribution is 2.40. The normalized spacial score (nSPS) is 10.9. The minimum absolute atomic E-state index is 0.113. The van der Waals surface area contributed by atoms with Crippen molar-refractivity contribution in [3.05, 3.63) is 115 Å². The summed E-state index contributed by atoms with van der Waals surface area (Å²) in [6.45, 7) is 3.83. The van der Waals surface area contributed by atoms with E-state index in [0.717, 1.165) is 22.3 Å². The second-order valence-corrected chi connectivity index (χ2v) is 9.10. The van der Waals surface area contributed by atoms with E-state index in [9.17, 15) is 4.79 Å². The van der Waals surface area contributed by atoms with Gasteiger partial charge in [-0.3, -0.25) is 4.79 Å². The number of hydrogen-bond acceptors (Lipinski definition) is 1. The zero-order chi connectivity index (χ0) is 23.0. The number of ketones is 1. The molecule has 0 fully saturated rings. The molecule has 0 heterocycles. The van der Waals surface area contributed by atoms with Crippen LogP contribution in [0.2, 0.25) is 20.1 Å². The number of carbonyl (C=O) groups is 1. The maximum absolute atomic E-state index is 14.1. The summed E-state index contributed by atoms with van der Waals surface area (Å²) in [5, 5.41) is 1.70. The fraction of sp³-hybridized carbons (Fsp3) is 0.0741. The second-order valence-electron chi connectivity index (χ2n) is 7.53. The first-order valence-corrected chi connectivity index (χ1v) is 11.4. The van der Waals surface area contributed by atoms with Gasteiger partial charge in [0.05, 0.1) is 20.1 Å². The number of halogens is 4. The first-order valence-electron chi connectivity index (χ1n) is 9.94. The predicted octanol–water partition coefficient (Wildman–Crippen LogP) is 9.48. The van der Waals surface area contributed by atoms with E-state index in [4.69, 9.17) is 46.4 Å². The lowest BCUT2D eigenvalue weighted by Crippen LogP contribution is -2.10. The topological polar surface area (TPSA) is 17.1 Å². The molecule has 160 valence electrons. The van der Waals surface area contributed by atoms with Crippen molar-refractivity contribution in [1.29, 1.82) is 0 Å². The zero-order valence-corrected chi connectivity index (χ0v) is 20.4. The molecule has 0 aliphatic rings. The highest BCUT2D eigenvalue weighted by molar-refractivity contribution is 6.44. The Bertz CT molecular complexity index is 1260. The molecule has 4 aromatic carbocycles. The molecule has 4 rings (SSSR count). The summed E-state index contributed by atoms with van der Waals surface area (Å²) < 4.78 is 0. The van der Waals surface area contributed by atoms with E-state index in [1.165, 1.54) is 0 Å². The molecule has 32 heavy (non-hydrogen) atoms. The van der Waals surface area contributed by atoms with Crippen LogP contribution in [0, 0.1) is 13.8 Å². The molecule has 0 aromatic heterocycles. The fourth-order valence-corrected chi connectivity index (χ4v) is 4.74. The second kappa shape index (κ2) is 9.29. The maximum Gasteiger partial charge on any atom is 0.194 e. The Hall–Kier alpha value is -2.29. The van der Waals surface area contributed by atoms with Gasteiger partial charge in [-0.15, -0.1) is 0 Å². The van der Waals surface area contributed by atoms with Crippen molar-refractivity contribution in [2.24, 2.45) is 0 Å². The van der Waals surface area contributed by atoms with Crippen LogP contribution in [0.5, 0.6) is 0 Å². The Morgan fingerprint density at radius 1 is 0.531 bits per heavy atom. The molecule has 0 amide bonds. The van der Waals surface area contributed by atoms with Crippen LogP contribution in [-0.4, -0.2) is 5.78 Å². The first kappa shape index (κ1) is 22.9. The van der Waals surface area contributed by atoms with Gasteiger partial charge in [-0.25, -0.2) is 0 Å². The molecule has 0 atom stereocenters. The van der Waals surface area contributed by atoms with Gasteiger partial charge in [-0.2, -0.15) is 0 Å². The number of benzene rings is 4. The van der Waals surface area contributed by atoms with Crippen LogP contribution in [0.4, 0.5) is 0 Å². The first-order chi connectivity index (χ1) is 15.3. The predicted molar refractivity (Wildman–Crippen MR) is 137 cm³/mol. The summed E-state index contributed by atoms with van der Waals surface area (Å²) in [6.07, 6.45) is 0. The van der Waals surface area contributed by atoms with Crippen LogP contribution in [0.25, 0.3) is 22.3 Å². The summed E-state index contributed by atoms with van der Waals surface area (Å²) in [5.41, 5.74) is 5.72. The van der Waals surface area contributed by atoms with E-state index in [-0.39, 0.29) is 5.78 Å². The molecule has 0 spiro atoms. The third kappa shape index (κ3) is 4.07. The van der Waals surface area contributed by atoms with Crippen LogP contribution in [0.1, 0.15) is 27.0 Å². The average molecular weight is 500 g/mol. The molecule has 4 aromatic rings. The van der Waals surface area contributed by atoms with Crippen LogP contribution in [0.3, 0.4) is 0 Å². The van der Waals surface area contributed by atoms with Gasteiger partial charge >= 0.3 is 0 Å². The number of rotatable bonds is 4. The SMILES string of the molecule is Cc1cccc(-c2cccc(Cl)c2Cl)c1C(=O)c1c(C)cccc1-c1cccc(Cl)c1Cl. The van der Waals surface area contributed by atoms with Gasteiger partial charge in [0.1, 0.15) is 0 Å². The van der Waals surface area contributed by atoms with Crippen LogP contribution in [-0.2, 0) is 0 Å². The van der Waals surface area contributed by atoms with Gasteiger partial charge in [0.2, 0.25) is 0 Å². The van der Waals surface area contributed by atoms with Crippen molar-refractivity contribution in [3.63, 3.8) is 0 Å². The Kier molecular flexibility index (Phi) is 6.65. The van der Waals surface area contributed by atoms with Gasteiger partial charge in [-0.05, 0) is 48.2 Å². The van der Waals surface area contributed by atoms with Crippen molar-refractivity contribution < 1.29 is 4.79 Å². The lowest BCUT2D eigenvalue weighted by atomic mass is 9.85. The average Bonchev–Trinajstić information content (AvgIpc) is 2.77. The van der Waals surface area contributed by atoms with Crippen LogP contribution < -0.4 is 0 Å². The highest BCUT2D eigenvalue weighted by atomic mass is 35.5. The van der Waals surface area contributed by atoms with E-state index in [0.29, 0.717) is 42.3 Å². The van der Waals surface area contributed by atoms with Gasteiger partial charge in [0, 0.05) is 22.3 Å². The molecule has 5 heteroatoms. The quantitative estimate of drug-likeness (QED) is 0.255. The van der Waals surface area contributed by atoms with E-state index in [1.54, 1.807) is 12.1 Å². The molecule has 0 N–H and O–H groups in total. The van der Waals surface area contributed by atoms with Crippen LogP contribution >= 0.6 is 46.4 Å². The van der Waals surface area contributed by atoms with Crippen molar-refractivity contribution in [1.82, 2.24) is 0 Å². The molecular weight excluding hydrogens is 482 g/mol. The fourth-order valence-electron chi connectivity index (χ4n) is 3.94.